The highest BCUT2D eigenvalue weighted by Crippen LogP contribution is 2.31. The summed E-state index contributed by atoms with van der Waals surface area (Å²) < 4.78 is 39.9. The van der Waals surface area contributed by atoms with Gasteiger partial charge in [0, 0.05) is 19.2 Å². The van der Waals surface area contributed by atoms with Crippen LogP contribution in [0.1, 0.15) is 43.5 Å². The number of thiocarbonyl (C=S) groups is 1. The minimum absolute atomic E-state index is 0.117. The molecule has 2 heterocycles. The van der Waals surface area contributed by atoms with Gasteiger partial charge < -0.3 is 15.5 Å². The molecule has 0 spiro atoms. The van der Waals surface area contributed by atoms with E-state index in [1.165, 1.54) is 0 Å². The first-order valence-corrected chi connectivity index (χ1v) is 9.57. The zero-order chi connectivity index (χ0) is 20.1. The summed E-state index contributed by atoms with van der Waals surface area (Å²) in [7, 11) is 0. The number of benzene rings is 1. The van der Waals surface area contributed by atoms with E-state index in [9.17, 15) is 13.2 Å². The Balaban J connectivity index is 1.77. The average molecular weight is 409 g/mol. The van der Waals surface area contributed by atoms with Crippen LogP contribution in [-0.2, 0) is 6.18 Å². The summed E-state index contributed by atoms with van der Waals surface area (Å²) in [5.74, 6) is 0.108. The summed E-state index contributed by atoms with van der Waals surface area (Å²) in [4.78, 5) is 9.74. The fourth-order valence-corrected chi connectivity index (χ4v) is 3.35. The van der Waals surface area contributed by atoms with Crippen molar-refractivity contribution in [2.75, 3.05) is 23.3 Å². The molecule has 150 valence electrons. The van der Waals surface area contributed by atoms with Crippen LogP contribution in [0.15, 0.2) is 36.4 Å². The summed E-state index contributed by atoms with van der Waals surface area (Å²) in [5, 5.41) is 5.92. The lowest BCUT2D eigenvalue weighted by molar-refractivity contribution is -0.141. The fourth-order valence-electron chi connectivity index (χ4n) is 3.08. The summed E-state index contributed by atoms with van der Waals surface area (Å²) >= 11 is 5.25. The topological polar surface area (TPSA) is 53.1 Å². The second-order valence-corrected chi connectivity index (χ2v) is 7.12. The van der Waals surface area contributed by atoms with E-state index < -0.39 is 11.9 Å². The van der Waals surface area contributed by atoms with Crippen molar-refractivity contribution in [1.82, 2.24) is 15.3 Å². The Morgan fingerprint density at radius 3 is 2.43 bits per heavy atom. The van der Waals surface area contributed by atoms with Crippen LogP contribution in [0.4, 0.5) is 24.9 Å². The molecule has 28 heavy (non-hydrogen) atoms. The molecule has 1 atom stereocenters. The van der Waals surface area contributed by atoms with Gasteiger partial charge in [-0.1, -0.05) is 30.3 Å². The maximum Gasteiger partial charge on any atom is 0.433 e. The van der Waals surface area contributed by atoms with Gasteiger partial charge in [-0.25, -0.2) is 4.98 Å². The molecule has 1 aromatic carbocycles. The van der Waals surface area contributed by atoms with Gasteiger partial charge in [0.1, 0.15) is 5.82 Å². The highest BCUT2D eigenvalue weighted by molar-refractivity contribution is 7.80. The molecule has 2 aromatic rings. The molecule has 0 radical (unpaired) electrons. The van der Waals surface area contributed by atoms with E-state index in [-0.39, 0.29) is 22.9 Å². The molecule has 0 amide bonds. The first kappa shape index (κ1) is 20.3. The van der Waals surface area contributed by atoms with E-state index >= 15 is 0 Å². The molecule has 9 heteroatoms. The first-order valence-electron chi connectivity index (χ1n) is 9.16. The largest absolute Gasteiger partial charge is 0.433 e. The van der Waals surface area contributed by atoms with Crippen molar-refractivity contribution in [3.05, 3.63) is 47.7 Å². The lowest BCUT2D eigenvalue weighted by Gasteiger charge is -2.28. The molecule has 1 aliphatic heterocycles. The van der Waals surface area contributed by atoms with Crippen molar-refractivity contribution in [1.29, 1.82) is 0 Å². The van der Waals surface area contributed by atoms with Gasteiger partial charge in [-0.2, -0.15) is 18.2 Å². The predicted octanol–water partition coefficient (Wildman–Crippen LogP) is 4.53. The summed E-state index contributed by atoms with van der Waals surface area (Å²) in [6.45, 7) is 3.28. The molecule has 1 aliphatic rings. The maximum atomic E-state index is 13.3. The normalized spacial score (nSPS) is 15.8. The van der Waals surface area contributed by atoms with Crippen LogP contribution < -0.4 is 15.5 Å². The van der Waals surface area contributed by atoms with Crippen molar-refractivity contribution in [2.24, 2.45) is 0 Å². The van der Waals surface area contributed by atoms with Crippen LogP contribution in [0.3, 0.4) is 0 Å². The van der Waals surface area contributed by atoms with Crippen LogP contribution in [0.25, 0.3) is 0 Å². The SMILES string of the molecule is C[C@H](NC(=S)Nc1nc(N2CCCCC2)cc(C(F)(F)F)n1)c1ccccc1. The highest BCUT2D eigenvalue weighted by Gasteiger charge is 2.34. The highest BCUT2D eigenvalue weighted by atomic mass is 32.1. The Kier molecular flexibility index (Phi) is 6.33. The number of anilines is 2. The number of nitrogens with one attached hydrogen (secondary N) is 2. The second kappa shape index (κ2) is 8.72. The summed E-state index contributed by atoms with van der Waals surface area (Å²) in [5.41, 5.74) is 0.0232. The molecular formula is C19H22F3N5S. The first-order chi connectivity index (χ1) is 13.3. The van der Waals surface area contributed by atoms with Gasteiger partial charge in [-0.3, -0.25) is 0 Å². The Bertz CT molecular complexity index is 807. The van der Waals surface area contributed by atoms with Crippen molar-refractivity contribution >= 4 is 29.1 Å². The van der Waals surface area contributed by atoms with Gasteiger partial charge in [0.2, 0.25) is 5.95 Å². The number of piperidine rings is 1. The van der Waals surface area contributed by atoms with Crippen molar-refractivity contribution in [3.63, 3.8) is 0 Å². The molecule has 0 saturated carbocycles. The minimum atomic E-state index is -4.56. The number of halogens is 3. The second-order valence-electron chi connectivity index (χ2n) is 6.71. The third kappa shape index (κ3) is 5.31. The number of nitrogens with zero attached hydrogens (tertiary/aromatic N) is 3. The molecule has 5 nitrogen and oxygen atoms in total. The zero-order valence-corrected chi connectivity index (χ0v) is 16.3. The predicted molar refractivity (Wildman–Crippen MR) is 107 cm³/mol. The van der Waals surface area contributed by atoms with E-state index in [1.54, 1.807) is 0 Å². The van der Waals surface area contributed by atoms with Gasteiger partial charge >= 0.3 is 6.18 Å². The van der Waals surface area contributed by atoms with Crippen molar-refractivity contribution < 1.29 is 13.2 Å². The molecule has 1 aromatic heterocycles. The van der Waals surface area contributed by atoms with E-state index in [0.717, 1.165) is 30.9 Å². The number of hydrogen-bond donors (Lipinski definition) is 2. The summed E-state index contributed by atoms with van der Waals surface area (Å²) in [6, 6.07) is 10.5. The standard InChI is InChI=1S/C19H22F3N5S/c1-13(14-8-4-2-5-9-14)23-18(28)26-17-24-15(19(20,21)22)12-16(25-17)27-10-6-3-7-11-27/h2,4-5,8-9,12-13H,3,6-7,10-11H2,1H3,(H2,23,24,25,26,28)/t13-/m0/s1. The number of alkyl halides is 3. The molecule has 2 N–H and O–H groups in total. The van der Waals surface area contributed by atoms with E-state index in [2.05, 4.69) is 20.6 Å². The van der Waals surface area contributed by atoms with Gasteiger partial charge in [0.15, 0.2) is 10.8 Å². The molecule has 0 unspecified atom stereocenters. The van der Waals surface area contributed by atoms with Crippen molar-refractivity contribution in [2.45, 2.75) is 38.4 Å². The van der Waals surface area contributed by atoms with E-state index in [0.29, 0.717) is 13.1 Å². The van der Waals surface area contributed by atoms with E-state index in [4.69, 9.17) is 12.2 Å². The summed E-state index contributed by atoms with van der Waals surface area (Å²) in [6.07, 6.45) is -1.62. The van der Waals surface area contributed by atoms with Gasteiger partial charge in [-0.05, 0) is 44.0 Å². The van der Waals surface area contributed by atoms with Crippen LogP contribution in [-0.4, -0.2) is 28.2 Å². The van der Waals surface area contributed by atoms with Crippen molar-refractivity contribution in [3.8, 4) is 0 Å². The van der Waals surface area contributed by atoms with Crippen LogP contribution in [0, 0.1) is 0 Å². The van der Waals surface area contributed by atoms with Crippen LogP contribution in [0.2, 0.25) is 0 Å². The monoisotopic (exact) mass is 409 g/mol. The van der Waals surface area contributed by atoms with E-state index in [1.807, 2.05) is 42.2 Å². The maximum absolute atomic E-state index is 13.3. The van der Waals surface area contributed by atoms with Gasteiger partial charge in [-0.15, -0.1) is 0 Å². The van der Waals surface area contributed by atoms with Gasteiger partial charge in [0.25, 0.3) is 0 Å². The Labute approximate surface area is 167 Å². The third-order valence-corrected chi connectivity index (χ3v) is 4.78. The molecular weight excluding hydrogens is 387 g/mol. The minimum Gasteiger partial charge on any atom is -0.356 e. The quantitative estimate of drug-likeness (QED) is 0.724. The third-order valence-electron chi connectivity index (χ3n) is 4.56. The molecule has 3 rings (SSSR count). The molecule has 1 saturated heterocycles. The zero-order valence-electron chi connectivity index (χ0n) is 15.5. The molecule has 0 aliphatic carbocycles. The molecule has 1 fully saturated rings. The van der Waals surface area contributed by atoms with Crippen LogP contribution >= 0.6 is 12.2 Å². The lowest BCUT2D eigenvalue weighted by atomic mass is 10.1. The lowest BCUT2D eigenvalue weighted by Crippen LogP contribution is -2.33. The Morgan fingerprint density at radius 1 is 1.11 bits per heavy atom. The number of hydrogen-bond acceptors (Lipinski definition) is 4. The number of aromatic nitrogens is 2. The molecule has 0 bridgehead atoms. The Morgan fingerprint density at radius 2 is 1.79 bits per heavy atom. The Hall–Kier alpha value is -2.42. The van der Waals surface area contributed by atoms with Gasteiger partial charge in [0.05, 0.1) is 6.04 Å². The smallest absolute Gasteiger partial charge is 0.356 e. The average Bonchev–Trinajstić information content (AvgIpc) is 2.68. The number of rotatable bonds is 4. The fraction of sp³-hybridized carbons (Fsp3) is 0.421. The van der Waals surface area contributed by atoms with Crippen LogP contribution in [0.5, 0.6) is 0 Å².